The van der Waals surface area contributed by atoms with Gasteiger partial charge >= 0.3 is 5.97 Å². The molecule has 0 bridgehead atoms. The fraction of sp³-hybridized carbons (Fsp3) is 0.100. The van der Waals surface area contributed by atoms with Gasteiger partial charge in [-0.2, -0.15) is 0 Å². The second kappa shape index (κ2) is 4.71. The van der Waals surface area contributed by atoms with Gasteiger partial charge in [0.15, 0.2) is 0 Å². The number of halogens is 2. The van der Waals surface area contributed by atoms with Crippen molar-refractivity contribution < 1.29 is 23.8 Å². The highest BCUT2D eigenvalue weighted by molar-refractivity contribution is 5.90. The van der Waals surface area contributed by atoms with Gasteiger partial charge in [0.05, 0.1) is 6.33 Å². The van der Waals surface area contributed by atoms with Crippen molar-refractivity contribution in [2.45, 2.75) is 6.04 Å². The maximum absolute atomic E-state index is 13.3. The van der Waals surface area contributed by atoms with Crippen LogP contribution in [-0.2, 0) is 4.79 Å². The number of rotatable bonds is 3. The molecule has 0 unspecified atom stereocenters. The highest BCUT2D eigenvalue weighted by Gasteiger charge is 2.22. The Labute approximate surface area is 89.6 Å². The number of aromatic hydroxyl groups is 1. The molecule has 0 heterocycles. The van der Waals surface area contributed by atoms with Gasteiger partial charge in [-0.05, 0) is 18.2 Å². The predicted octanol–water partition coefficient (Wildman–Crippen LogP) is 1.25. The first-order chi connectivity index (χ1) is 7.47. The second-order valence-corrected chi connectivity index (χ2v) is 3.04. The van der Waals surface area contributed by atoms with E-state index in [9.17, 15) is 13.6 Å². The van der Waals surface area contributed by atoms with E-state index in [2.05, 4.69) is 0 Å². The van der Waals surface area contributed by atoms with E-state index in [0.29, 0.717) is 0 Å². The van der Waals surface area contributed by atoms with Gasteiger partial charge in [0.1, 0.15) is 17.6 Å². The normalized spacial score (nSPS) is 13.6. The minimum Gasteiger partial charge on any atom is -0.508 e. The number of benzene rings is 1. The summed E-state index contributed by atoms with van der Waals surface area (Å²) in [6, 6.07) is 1.16. The molecular formula is C10H9F2NO3. The van der Waals surface area contributed by atoms with Gasteiger partial charge in [-0.15, -0.1) is 0 Å². The fourth-order valence-corrected chi connectivity index (χ4v) is 1.16. The minimum atomic E-state index is -1.69. The first-order valence-corrected chi connectivity index (χ1v) is 4.25. The number of phenolic OH excluding ortho intramolecular Hbond substituents is 1. The number of hydrogen-bond acceptors (Lipinski definition) is 3. The van der Waals surface area contributed by atoms with Crippen molar-refractivity contribution in [1.82, 2.24) is 0 Å². The Balaban J connectivity index is 3.24. The Morgan fingerprint density at radius 3 is 2.62 bits per heavy atom. The van der Waals surface area contributed by atoms with Crippen LogP contribution in [0.25, 0.3) is 5.57 Å². The Bertz CT molecular complexity index is 446. The van der Waals surface area contributed by atoms with E-state index < -0.39 is 23.4 Å². The summed E-state index contributed by atoms with van der Waals surface area (Å²) in [5.74, 6) is -2.67. The van der Waals surface area contributed by atoms with E-state index in [4.69, 9.17) is 15.9 Å². The molecule has 4 nitrogen and oxygen atoms in total. The zero-order valence-electron chi connectivity index (χ0n) is 8.02. The molecule has 1 aromatic rings. The standard InChI is InChI=1S/C10H9F2NO3/c11-4-7(9(13)10(15)16)6-3-5(14)1-2-8(6)12/h1-4,9,14H,13H2,(H,15,16)/b7-4-/t9-/m0/s1. The smallest absolute Gasteiger partial charge is 0.325 e. The van der Waals surface area contributed by atoms with Crippen LogP contribution in [0.3, 0.4) is 0 Å². The van der Waals surface area contributed by atoms with E-state index in [1.807, 2.05) is 0 Å². The van der Waals surface area contributed by atoms with E-state index in [1.165, 1.54) is 0 Å². The molecule has 1 rings (SSSR count). The zero-order chi connectivity index (χ0) is 12.3. The molecule has 0 aromatic heterocycles. The predicted molar refractivity (Wildman–Crippen MR) is 52.8 cm³/mol. The van der Waals surface area contributed by atoms with Crippen molar-refractivity contribution in [3.63, 3.8) is 0 Å². The topological polar surface area (TPSA) is 83.6 Å². The maximum Gasteiger partial charge on any atom is 0.325 e. The zero-order valence-corrected chi connectivity index (χ0v) is 8.02. The van der Waals surface area contributed by atoms with Crippen molar-refractivity contribution in [3.05, 3.63) is 35.9 Å². The number of carbonyl (C=O) groups is 1. The number of nitrogens with two attached hydrogens (primary N) is 1. The summed E-state index contributed by atoms with van der Waals surface area (Å²) in [7, 11) is 0. The summed E-state index contributed by atoms with van der Waals surface area (Å²) >= 11 is 0. The number of carboxylic acids is 1. The van der Waals surface area contributed by atoms with Crippen molar-refractivity contribution in [1.29, 1.82) is 0 Å². The molecule has 1 aromatic carbocycles. The molecule has 4 N–H and O–H groups in total. The first-order valence-electron chi connectivity index (χ1n) is 4.25. The third kappa shape index (κ3) is 2.34. The fourth-order valence-electron chi connectivity index (χ4n) is 1.16. The first kappa shape index (κ1) is 12.1. The molecule has 86 valence electrons. The average Bonchev–Trinajstić information content (AvgIpc) is 2.23. The van der Waals surface area contributed by atoms with E-state index in [1.54, 1.807) is 0 Å². The van der Waals surface area contributed by atoms with Crippen LogP contribution in [0, 0.1) is 5.82 Å². The summed E-state index contributed by atoms with van der Waals surface area (Å²) < 4.78 is 25.8. The number of carboxylic acid groups (broad SMARTS) is 1. The van der Waals surface area contributed by atoms with E-state index in [0.717, 1.165) is 18.2 Å². The van der Waals surface area contributed by atoms with Crippen LogP contribution >= 0.6 is 0 Å². The van der Waals surface area contributed by atoms with Crippen LogP contribution in [0.5, 0.6) is 5.75 Å². The molecular weight excluding hydrogens is 220 g/mol. The van der Waals surface area contributed by atoms with Gasteiger partial charge in [0.25, 0.3) is 0 Å². The van der Waals surface area contributed by atoms with Crippen LogP contribution in [0.2, 0.25) is 0 Å². The van der Waals surface area contributed by atoms with E-state index in [-0.39, 0.29) is 17.6 Å². The number of hydrogen-bond donors (Lipinski definition) is 3. The van der Waals surface area contributed by atoms with Gasteiger partial charge < -0.3 is 15.9 Å². The van der Waals surface area contributed by atoms with Crippen LogP contribution in [-0.4, -0.2) is 22.2 Å². The highest BCUT2D eigenvalue weighted by Crippen LogP contribution is 2.25. The van der Waals surface area contributed by atoms with Gasteiger partial charge in [-0.1, -0.05) is 0 Å². The monoisotopic (exact) mass is 229 g/mol. The van der Waals surface area contributed by atoms with Crippen molar-refractivity contribution in [2.75, 3.05) is 0 Å². The lowest BCUT2D eigenvalue weighted by Gasteiger charge is -2.11. The molecule has 0 aliphatic carbocycles. The molecule has 6 heteroatoms. The van der Waals surface area contributed by atoms with Crippen molar-refractivity contribution in [2.24, 2.45) is 5.73 Å². The Kier molecular flexibility index (Phi) is 3.57. The Hall–Kier alpha value is -1.95. The van der Waals surface area contributed by atoms with Crippen molar-refractivity contribution >= 4 is 11.5 Å². The molecule has 0 spiro atoms. The number of aliphatic carboxylic acids is 1. The Morgan fingerprint density at radius 1 is 1.50 bits per heavy atom. The van der Waals surface area contributed by atoms with Crippen molar-refractivity contribution in [3.8, 4) is 5.75 Å². The second-order valence-electron chi connectivity index (χ2n) is 3.04. The maximum atomic E-state index is 13.3. The van der Waals surface area contributed by atoms with Crippen LogP contribution < -0.4 is 5.73 Å². The molecule has 1 atom stereocenters. The van der Waals surface area contributed by atoms with Crippen LogP contribution in [0.1, 0.15) is 5.56 Å². The quantitative estimate of drug-likeness (QED) is 0.728. The lowest BCUT2D eigenvalue weighted by atomic mass is 10.00. The minimum absolute atomic E-state index is 0.0867. The Morgan fingerprint density at radius 2 is 2.12 bits per heavy atom. The molecule has 0 fully saturated rings. The third-order valence-electron chi connectivity index (χ3n) is 1.98. The molecule has 0 saturated carbocycles. The van der Waals surface area contributed by atoms with Gasteiger partial charge in [-0.3, -0.25) is 4.79 Å². The van der Waals surface area contributed by atoms with E-state index >= 15 is 0 Å². The lowest BCUT2D eigenvalue weighted by Crippen LogP contribution is -2.31. The molecule has 0 saturated heterocycles. The largest absolute Gasteiger partial charge is 0.508 e. The SMILES string of the molecule is N[C@H](C(=O)O)/C(=C\F)c1cc(O)ccc1F. The van der Waals surface area contributed by atoms with Gasteiger partial charge in [0.2, 0.25) is 0 Å². The van der Waals surface area contributed by atoms with Gasteiger partial charge in [0, 0.05) is 11.1 Å². The lowest BCUT2D eigenvalue weighted by molar-refractivity contribution is -0.137. The highest BCUT2D eigenvalue weighted by atomic mass is 19.1. The molecule has 16 heavy (non-hydrogen) atoms. The summed E-state index contributed by atoms with van der Waals surface area (Å²) in [6.07, 6.45) is -0.0867. The van der Waals surface area contributed by atoms with Crippen LogP contribution in [0.4, 0.5) is 8.78 Å². The third-order valence-corrected chi connectivity index (χ3v) is 1.98. The van der Waals surface area contributed by atoms with Crippen LogP contribution in [0.15, 0.2) is 24.5 Å². The van der Waals surface area contributed by atoms with Gasteiger partial charge in [-0.25, -0.2) is 8.78 Å². The summed E-state index contributed by atoms with van der Waals surface area (Å²) in [5.41, 5.74) is 4.25. The summed E-state index contributed by atoms with van der Waals surface area (Å²) in [6.45, 7) is 0. The summed E-state index contributed by atoms with van der Waals surface area (Å²) in [4.78, 5) is 10.6. The molecule has 0 radical (unpaired) electrons. The number of phenols is 1. The average molecular weight is 229 g/mol. The summed E-state index contributed by atoms with van der Waals surface area (Å²) in [5, 5.41) is 17.7. The molecule has 0 amide bonds. The molecule has 0 aliphatic rings. The molecule has 0 aliphatic heterocycles.